The van der Waals surface area contributed by atoms with Gasteiger partial charge in [0.2, 0.25) is 0 Å². The van der Waals surface area contributed by atoms with Gasteiger partial charge >= 0.3 is 0 Å². The summed E-state index contributed by atoms with van der Waals surface area (Å²) in [6.07, 6.45) is 6.23. The lowest BCUT2D eigenvalue weighted by Gasteiger charge is -2.19. The van der Waals surface area contributed by atoms with Crippen LogP contribution in [-0.2, 0) is 6.42 Å². The fourth-order valence-corrected chi connectivity index (χ4v) is 4.52. The number of rotatable bonds is 3. The summed E-state index contributed by atoms with van der Waals surface area (Å²) < 4.78 is 6.15. The monoisotopic (exact) mass is 450 g/mol. The largest absolute Gasteiger partial charge is 0.493 e. The summed E-state index contributed by atoms with van der Waals surface area (Å²) in [6, 6.07) is 18.5. The van der Waals surface area contributed by atoms with Crippen LogP contribution in [0.2, 0.25) is 0 Å². The molecule has 0 saturated heterocycles. The molecule has 2 heterocycles. The topological polar surface area (TPSA) is 84.9 Å². The van der Waals surface area contributed by atoms with Gasteiger partial charge in [-0.05, 0) is 85.4 Å². The number of aryl methyl sites for hydroxylation is 3. The number of aromatic nitrogens is 2. The molecule has 34 heavy (non-hydrogen) atoms. The van der Waals surface area contributed by atoms with Crippen LogP contribution in [-0.4, -0.2) is 22.8 Å². The lowest BCUT2D eigenvalue weighted by Crippen LogP contribution is -2.07. The van der Waals surface area contributed by atoms with Gasteiger partial charge < -0.3 is 15.9 Å². The average molecular weight is 451 g/mol. The van der Waals surface area contributed by atoms with Crippen LogP contribution in [0.3, 0.4) is 0 Å². The molecule has 1 aliphatic rings. The van der Waals surface area contributed by atoms with Crippen molar-refractivity contribution in [1.29, 1.82) is 5.41 Å². The van der Waals surface area contributed by atoms with Crippen molar-refractivity contribution in [3.05, 3.63) is 88.4 Å². The standard InChI is InChI=1S/C29H28N4O.H2/c1-18-3-8-25-27(13-18)32-19(2)33-28(25)14-20-4-5-23-15-22(7-10-29(23)34-12-11-20)21-6-9-26(31)24(16-21)17-30;/h3,6-10,13-17,30H,4-5,11-12,31H2,1-2H3;1H/b20-14-,30-17?;. The molecule has 0 unspecified atom stereocenters. The summed E-state index contributed by atoms with van der Waals surface area (Å²) in [4.78, 5) is 9.37. The van der Waals surface area contributed by atoms with Crippen LogP contribution < -0.4 is 10.5 Å². The van der Waals surface area contributed by atoms with Gasteiger partial charge in [0.05, 0.1) is 17.8 Å². The van der Waals surface area contributed by atoms with Gasteiger partial charge in [0.1, 0.15) is 11.6 Å². The second-order valence-electron chi connectivity index (χ2n) is 8.89. The number of anilines is 1. The average Bonchev–Trinajstić information content (AvgIpc) is 2.81. The van der Waals surface area contributed by atoms with E-state index in [-0.39, 0.29) is 1.43 Å². The zero-order valence-corrected chi connectivity index (χ0v) is 19.6. The molecule has 0 radical (unpaired) electrons. The molecule has 1 aromatic heterocycles. The molecular weight excluding hydrogens is 420 g/mol. The van der Waals surface area contributed by atoms with Crippen LogP contribution in [0.4, 0.5) is 5.69 Å². The van der Waals surface area contributed by atoms with E-state index in [1.54, 1.807) is 0 Å². The Hall–Kier alpha value is -3.99. The van der Waals surface area contributed by atoms with E-state index < -0.39 is 0 Å². The smallest absolute Gasteiger partial charge is 0.126 e. The maximum Gasteiger partial charge on any atom is 0.126 e. The number of benzene rings is 3. The highest BCUT2D eigenvalue weighted by molar-refractivity contribution is 5.88. The molecule has 0 saturated carbocycles. The Morgan fingerprint density at radius 3 is 2.62 bits per heavy atom. The number of nitrogen functional groups attached to an aromatic ring is 1. The highest BCUT2D eigenvalue weighted by Gasteiger charge is 2.14. The van der Waals surface area contributed by atoms with Crippen LogP contribution in [0.15, 0.2) is 60.2 Å². The van der Waals surface area contributed by atoms with E-state index in [0.717, 1.165) is 64.1 Å². The van der Waals surface area contributed by atoms with Crippen molar-refractivity contribution in [2.24, 2.45) is 0 Å². The molecular formula is C29H30N4O. The van der Waals surface area contributed by atoms with E-state index in [9.17, 15) is 0 Å². The maximum atomic E-state index is 7.60. The van der Waals surface area contributed by atoms with Crippen molar-refractivity contribution < 1.29 is 6.16 Å². The molecule has 5 rings (SSSR count). The fourth-order valence-electron chi connectivity index (χ4n) is 4.52. The number of nitrogens with two attached hydrogens (primary N) is 1. The molecule has 0 bridgehead atoms. The molecule has 0 fully saturated rings. The van der Waals surface area contributed by atoms with E-state index in [2.05, 4.69) is 54.4 Å². The van der Waals surface area contributed by atoms with E-state index in [1.165, 1.54) is 22.9 Å². The van der Waals surface area contributed by atoms with E-state index in [0.29, 0.717) is 12.3 Å². The zero-order chi connectivity index (χ0) is 23.7. The summed E-state index contributed by atoms with van der Waals surface area (Å²) in [5.41, 5.74) is 15.2. The minimum atomic E-state index is 0. The Bertz CT molecular complexity index is 1440. The number of ether oxygens (including phenoxy) is 1. The third kappa shape index (κ3) is 4.42. The van der Waals surface area contributed by atoms with Crippen molar-refractivity contribution in [3.63, 3.8) is 0 Å². The Kier molecular flexibility index (Phi) is 5.84. The summed E-state index contributed by atoms with van der Waals surface area (Å²) in [7, 11) is 0. The van der Waals surface area contributed by atoms with Gasteiger partial charge in [-0.2, -0.15) is 0 Å². The van der Waals surface area contributed by atoms with Crippen LogP contribution in [0, 0.1) is 19.3 Å². The fraction of sp³-hybridized carbons (Fsp3) is 0.207. The molecule has 3 aromatic carbocycles. The Balaban J connectivity index is 0.00000289. The van der Waals surface area contributed by atoms with Gasteiger partial charge in [-0.3, -0.25) is 0 Å². The minimum absolute atomic E-state index is 0. The number of hydrogen-bond acceptors (Lipinski definition) is 5. The summed E-state index contributed by atoms with van der Waals surface area (Å²) in [6.45, 7) is 4.67. The van der Waals surface area contributed by atoms with Gasteiger partial charge in [0.25, 0.3) is 0 Å². The third-order valence-electron chi connectivity index (χ3n) is 6.37. The first-order chi connectivity index (χ1) is 16.5. The predicted octanol–water partition coefficient (Wildman–Crippen LogP) is 6.54. The van der Waals surface area contributed by atoms with Crippen molar-refractivity contribution >= 4 is 28.9 Å². The van der Waals surface area contributed by atoms with E-state index in [1.807, 2.05) is 25.1 Å². The number of fused-ring (bicyclic) bond motifs is 2. The molecule has 0 amide bonds. The highest BCUT2D eigenvalue weighted by Crippen LogP contribution is 2.32. The summed E-state index contributed by atoms with van der Waals surface area (Å²) >= 11 is 0. The molecule has 4 aromatic rings. The second-order valence-corrected chi connectivity index (χ2v) is 8.89. The molecule has 0 spiro atoms. The quantitative estimate of drug-likeness (QED) is 0.274. The Morgan fingerprint density at radius 1 is 0.941 bits per heavy atom. The van der Waals surface area contributed by atoms with Gasteiger partial charge in [-0.15, -0.1) is 0 Å². The van der Waals surface area contributed by atoms with E-state index >= 15 is 0 Å². The Morgan fingerprint density at radius 2 is 1.76 bits per heavy atom. The number of hydrogen-bond donors (Lipinski definition) is 2. The van der Waals surface area contributed by atoms with Crippen molar-refractivity contribution in [2.75, 3.05) is 12.3 Å². The van der Waals surface area contributed by atoms with Gasteiger partial charge in [-0.1, -0.05) is 29.8 Å². The van der Waals surface area contributed by atoms with Crippen molar-refractivity contribution in [2.45, 2.75) is 33.1 Å². The Labute approximate surface area is 201 Å². The van der Waals surface area contributed by atoms with Gasteiger partial charge in [0, 0.05) is 30.7 Å². The third-order valence-corrected chi connectivity index (χ3v) is 6.37. The first kappa shape index (κ1) is 21.8. The first-order valence-electron chi connectivity index (χ1n) is 11.6. The predicted molar refractivity (Wildman–Crippen MR) is 142 cm³/mol. The first-order valence-corrected chi connectivity index (χ1v) is 11.6. The van der Waals surface area contributed by atoms with E-state index in [4.69, 9.17) is 20.9 Å². The summed E-state index contributed by atoms with van der Waals surface area (Å²) in [5.74, 6) is 1.74. The lowest BCUT2D eigenvalue weighted by atomic mass is 9.95. The highest BCUT2D eigenvalue weighted by atomic mass is 16.5. The molecule has 5 nitrogen and oxygen atoms in total. The van der Waals surface area contributed by atoms with Gasteiger partial charge in [0.15, 0.2) is 0 Å². The van der Waals surface area contributed by atoms with Crippen LogP contribution >= 0.6 is 0 Å². The zero-order valence-electron chi connectivity index (χ0n) is 19.6. The minimum Gasteiger partial charge on any atom is -0.493 e. The number of nitrogens with zero attached hydrogens (tertiary/aromatic N) is 2. The maximum absolute atomic E-state index is 7.60. The van der Waals surface area contributed by atoms with Crippen LogP contribution in [0.25, 0.3) is 28.1 Å². The molecule has 5 heteroatoms. The molecule has 172 valence electrons. The van der Waals surface area contributed by atoms with Crippen LogP contribution in [0.5, 0.6) is 5.75 Å². The second kappa shape index (κ2) is 9.10. The van der Waals surface area contributed by atoms with Crippen molar-refractivity contribution in [3.8, 4) is 16.9 Å². The van der Waals surface area contributed by atoms with Crippen LogP contribution in [0.1, 0.15) is 42.5 Å². The molecule has 1 aliphatic heterocycles. The number of nitrogens with one attached hydrogen (secondary N) is 1. The normalized spacial score (nSPS) is 14.8. The molecule has 3 N–H and O–H groups in total. The SMILES string of the molecule is Cc1ccc2c(/C=C3\CCOc4ccc(-c5ccc(N)c(C=N)c5)cc4CC3)nc(C)nc2c1.[HH]. The summed E-state index contributed by atoms with van der Waals surface area (Å²) in [5, 5.41) is 8.68. The lowest BCUT2D eigenvalue weighted by molar-refractivity contribution is 0.312. The molecule has 0 atom stereocenters. The molecule has 0 aliphatic carbocycles. The van der Waals surface area contributed by atoms with Crippen molar-refractivity contribution in [1.82, 2.24) is 9.97 Å². The van der Waals surface area contributed by atoms with Gasteiger partial charge in [-0.25, -0.2) is 9.97 Å².